The SMILES string of the molecule is Cc1ccnn1CC(N)c1ccc(F)c(F)c1. The molecule has 1 unspecified atom stereocenters. The summed E-state index contributed by atoms with van der Waals surface area (Å²) in [5, 5.41) is 4.09. The Morgan fingerprint density at radius 2 is 2.06 bits per heavy atom. The van der Waals surface area contributed by atoms with E-state index < -0.39 is 17.7 Å². The molecule has 1 heterocycles. The minimum Gasteiger partial charge on any atom is -0.322 e. The number of nitrogens with two attached hydrogens (primary N) is 1. The molecule has 3 nitrogen and oxygen atoms in total. The van der Waals surface area contributed by atoms with Crippen LogP contribution in [0.25, 0.3) is 0 Å². The summed E-state index contributed by atoms with van der Waals surface area (Å²) in [5.41, 5.74) is 7.45. The van der Waals surface area contributed by atoms with Gasteiger partial charge < -0.3 is 5.73 Å². The lowest BCUT2D eigenvalue weighted by Crippen LogP contribution is -2.19. The third kappa shape index (κ3) is 2.50. The molecule has 0 saturated heterocycles. The van der Waals surface area contributed by atoms with Gasteiger partial charge in [-0.2, -0.15) is 5.10 Å². The average Bonchev–Trinajstić information content (AvgIpc) is 2.68. The summed E-state index contributed by atoms with van der Waals surface area (Å²) >= 11 is 0. The van der Waals surface area contributed by atoms with Gasteiger partial charge in [-0.25, -0.2) is 8.78 Å². The molecule has 0 aliphatic carbocycles. The average molecular weight is 237 g/mol. The molecule has 0 fully saturated rings. The topological polar surface area (TPSA) is 43.8 Å². The molecule has 0 amide bonds. The lowest BCUT2D eigenvalue weighted by atomic mass is 10.1. The molecular formula is C12H13F2N3. The van der Waals surface area contributed by atoms with Crippen molar-refractivity contribution in [3.05, 3.63) is 53.4 Å². The molecule has 17 heavy (non-hydrogen) atoms. The summed E-state index contributed by atoms with van der Waals surface area (Å²) in [5.74, 6) is -1.74. The molecule has 2 rings (SSSR count). The van der Waals surface area contributed by atoms with Crippen LogP contribution < -0.4 is 5.73 Å². The Morgan fingerprint density at radius 1 is 1.29 bits per heavy atom. The highest BCUT2D eigenvalue weighted by Gasteiger charge is 2.11. The van der Waals surface area contributed by atoms with Crippen molar-refractivity contribution in [1.82, 2.24) is 9.78 Å². The second-order valence-electron chi connectivity index (χ2n) is 3.93. The van der Waals surface area contributed by atoms with Crippen molar-refractivity contribution in [2.75, 3.05) is 0 Å². The molecule has 0 aliphatic heterocycles. The monoisotopic (exact) mass is 237 g/mol. The summed E-state index contributed by atoms with van der Waals surface area (Å²) in [6.07, 6.45) is 1.67. The van der Waals surface area contributed by atoms with E-state index in [0.717, 1.165) is 17.8 Å². The van der Waals surface area contributed by atoms with Crippen molar-refractivity contribution in [2.24, 2.45) is 5.73 Å². The summed E-state index contributed by atoms with van der Waals surface area (Å²) in [4.78, 5) is 0. The molecule has 1 aromatic carbocycles. The van der Waals surface area contributed by atoms with Gasteiger partial charge in [0.1, 0.15) is 0 Å². The Kier molecular flexibility index (Phi) is 3.19. The molecule has 1 aromatic heterocycles. The standard InChI is InChI=1S/C12H13F2N3/c1-8-4-5-16-17(8)7-12(15)9-2-3-10(13)11(14)6-9/h2-6,12H,7,15H2,1H3. The third-order valence-corrected chi connectivity index (χ3v) is 2.67. The zero-order valence-electron chi connectivity index (χ0n) is 9.40. The fourth-order valence-electron chi connectivity index (χ4n) is 1.62. The number of nitrogens with zero attached hydrogens (tertiary/aromatic N) is 2. The minimum absolute atomic E-state index is 0.413. The van der Waals surface area contributed by atoms with Crippen LogP contribution in [-0.2, 0) is 6.54 Å². The van der Waals surface area contributed by atoms with Gasteiger partial charge in [0.15, 0.2) is 11.6 Å². The normalized spacial score (nSPS) is 12.7. The Morgan fingerprint density at radius 3 is 2.65 bits per heavy atom. The third-order valence-electron chi connectivity index (χ3n) is 2.67. The maximum atomic E-state index is 13.0. The van der Waals surface area contributed by atoms with Gasteiger partial charge in [0.2, 0.25) is 0 Å². The zero-order valence-corrected chi connectivity index (χ0v) is 9.40. The quantitative estimate of drug-likeness (QED) is 0.889. The van der Waals surface area contributed by atoms with Crippen LogP contribution in [0.4, 0.5) is 8.78 Å². The van der Waals surface area contributed by atoms with Gasteiger partial charge in [-0.15, -0.1) is 0 Å². The van der Waals surface area contributed by atoms with Crippen molar-refractivity contribution < 1.29 is 8.78 Å². The van der Waals surface area contributed by atoms with Crippen molar-refractivity contribution in [3.8, 4) is 0 Å². The van der Waals surface area contributed by atoms with E-state index in [1.165, 1.54) is 6.07 Å². The second-order valence-corrected chi connectivity index (χ2v) is 3.93. The number of hydrogen-bond donors (Lipinski definition) is 1. The van der Waals surface area contributed by atoms with Gasteiger partial charge in [0, 0.05) is 17.9 Å². The first-order chi connectivity index (χ1) is 8.08. The van der Waals surface area contributed by atoms with E-state index in [0.29, 0.717) is 12.1 Å². The van der Waals surface area contributed by atoms with Crippen molar-refractivity contribution >= 4 is 0 Å². The number of hydrogen-bond acceptors (Lipinski definition) is 2. The lowest BCUT2D eigenvalue weighted by Gasteiger charge is -2.13. The van der Waals surface area contributed by atoms with Crippen LogP contribution in [0, 0.1) is 18.6 Å². The largest absolute Gasteiger partial charge is 0.322 e. The van der Waals surface area contributed by atoms with Crippen molar-refractivity contribution in [3.63, 3.8) is 0 Å². The molecule has 90 valence electrons. The molecule has 0 saturated carbocycles. The van der Waals surface area contributed by atoms with Crippen molar-refractivity contribution in [1.29, 1.82) is 0 Å². The molecule has 1 atom stereocenters. The van der Waals surface area contributed by atoms with Crippen LogP contribution in [0.1, 0.15) is 17.3 Å². The first kappa shape index (κ1) is 11.7. The highest BCUT2D eigenvalue weighted by atomic mass is 19.2. The number of aryl methyl sites for hydroxylation is 1. The Bertz CT molecular complexity index is 522. The molecule has 2 aromatic rings. The second kappa shape index (κ2) is 4.63. The molecule has 0 radical (unpaired) electrons. The first-order valence-corrected chi connectivity index (χ1v) is 5.27. The van der Waals surface area contributed by atoms with Crippen LogP contribution >= 0.6 is 0 Å². The predicted octanol–water partition coefficient (Wildman–Crippen LogP) is 2.17. The molecule has 0 bridgehead atoms. The van der Waals surface area contributed by atoms with E-state index in [4.69, 9.17) is 5.73 Å². The van der Waals surface area contributed by atoms with Gasteiger partial charge in [-0.3, -0.25) is 4.68 Å². The van der Waals surface area contributed by atoms with E-state index in [1.807, 2.05) is 13.0 Å². The minimum atomic E-state index is -0.880. The number of aromatic nitrogens is 2. The van der Waals surface area contributed by atoms with Gasteiger partial charge >= 0.3 is 0 Å². The predicted molar refractivity (Wildman–Crippen MR) is 60.3 cm³/mol. The number of halogens is 2. The van der Waals surface area contributed by atoms with Crippen LogP contribution in [0.5, 0.6) is 0 Å². The highest BCUT2D eigenvalue weighted by Crippen LogP contribution is 2.16. The lowest BCUT2D eigenvalue weighted by molar-refractivity contribution is 0.492. The fourth-order valence-corrected chi connectivity index (χ4v) is 1.62. The van der Waals surface area contributed by atoms with E-state index in [1.54, 1.807) is 10.9 Å². The molecule has 0 spiro atoms. The van der Waals surface area contributed by atoms with Crippen LogP contribution in [0.3, 0.4) is 0 Å². The maximum absolute atomic E-state index is 13.0. The van der Waals surface area contributed by atoms with E-state index in [2.05, 4.69) is 5.10 Å². The smallest absolute Gasteiger partial charge is 0.159 e. The Balaban J connectivity index is 2.17. The molecule has 0 aliphatic rings. The van der Waals surface area contributed by atoms with Gasteiger partial charge in [-0.05, 0) is 30.7 Å². The first-order valence-electron chi connectivity index (χ1n) is 5.27. The number of benzene rings is 1. The molecule has 2 N–H and O–H groups in total. The Labute approximate surface area is 97.9 Å². The molecular weight excluding hydrogens is 224 g/mol. The maximum Gasteiger partial charge on any atom is 0.159 e. The van der Waals surface area contributed by atoms with E-state index >= 15 is 0 Å². The highest BCUT2D eigenvalue weighted by molar-refractivity contribution is 5.21. The molecule has 5 heteroatoms. The Hall–Kier alpha value is -1.75. The van der Waals surface area contributed by atoms with Crippen molar-refractivity contribution in [2.45, 2.75) is 19.5 Å². The van der Waals surface area contributed by atoms with Crippen LogP contribution in [-0.4, -0.2) is 9.78 Å². The number of rotatable bonds is 3. The van der Waals surface area contributed by atoms with E-state index in [9.17, 15) is 8.78 Å². The summed E-state index contributed by atoms with van der Waals surface area (Å²) in [6.45, 7) is 2.34. The summed E-state index contributed by atoms with van der Waals surface area (Å²) < 4.78 is 27.5. The van der Waals surface area contributed by atoms with E-state index in [-0.39, 0.29) is 0 Å². The summed E-state index contributed by atoms with van der Waals surface area (Å²) in [6, 6.07) is 5.14. The van der Waals surface area contributed by atoms with Gasteiger partial charge in [-0.1, -0.05) is 6.07 Å². The van der Waals surface area contributed by atoms with Crippen LogP contribution in [0.2, 0.25) is 0 Å². The zero-order chi connectivity index (χ0) is 12.4. The van der Waals surface area contributed by atoms with Gasteiger partial charge in [0.05, 0.1) is 6.54 Å². The van der Waals surface area contributed by atoms with Gasteiger partial charge in [0.25, 0.3) is 0 Å². The van der Waals surface area contributed by atoms with Crippen LogP contribution in [0.15, 0.2) is 30.5 Å². The fraction of sp³-hybridized carbons (Fsp3) is 0.250. The summed E-state index contributed by atoms with van der Waals surface area (Å²) in [7, 11) is 0.